The quantitative estimate of drug-likeness (QED) is 0.828. The Hall–Kier alpha value is -1.49. The molecule has 1 atom stereocenters. The van der Waals surface area contributed by atoms with Crippen LogP contribution >= 0.6 is 0 Å². The largest absolute Gasteiger partial charge is 0.396 e. The molecule has 16 heavy (non-hydrogen) atoms. The lowest BCUT2D eigenvalue weighted by Gasteiger charge is -2.12. The first-order valence-corrected chi connectivity index (χ1v) is 4.95. The van der Waals surface area contributed by atoms with Crippen LogP contribution in [0.1, 0.15) is 13.3 Å². The molecule has 0 aliphatic carbocycles. The standard InChI is InChI=1S/C11H13F2NO2/c1-2-7(6-15)11(16)14-10-5-8(12)3-4-9(10)13/h3-5,7,15H,2,6H2,1H3,(H,14,16). The Morgan fingerprint density at radius 3 is 2.75 bits per heavy atom. The molecule has 0 aromatic heterocycles. The van der Waals surface area contributed by atoms with Crippen LogP contribution in [-0.2, 0) is 4.79 Å². The van der Waals surface area contributed by atoms with E-state index in [0.29, 0.717) is 6.42 Å². The zero-order chi connectivity index (χ0) is 12.1. The molecular weight excluding hydrogens is 216 g/mol. The Morgan fingerprint density at radius 1 is 1.50 bits per heavy atom. The van der Waals surface area contributed by atoms with Crippen LogP contribution in [0.3, 0.4) is 0 Å². The molecule has 0 saturated carbocycles. The van der Waals surface area contributed by atoms with Crippen molar-refractivity contribution in [3.63, 3.8) is 0 Å². The Balaban J connectivity index is 2.80. The summed E-state index contributed by atoms with van der Waals surface area (Å²) in [5.74, 6) is -2.46. The number of carbonyl (C=O) groups excluding carboxylic acids is 1. The fourth-order valence-electron chi connectivity index (χ4n) is 1.23. The summed E-state index contributed by atoms with van der Waals surface area (Å²) in [6.07, 6.45) is 0.430. The van der Waals surface area contributed by atoms with Gasteiger partial charge in [-0.15, -0.1) is 0 Å². The van der Waals surface area contributed by atoms with E-state index in [1.165, 1.54) is 0 Å². The van der Waals surface area contributed by atoms with Crippen LogP contribution in [0.4, 0.5) is 14.5 Å². The molecule has 5 heteroatoms. The predicted octanol–water partition coefficient (Wildman–Crippen LogP) is 1.92. The van der Waals surface area contributed by atoms with Crippen molar-refractivity contribution in [2.45, 2.75) is 13.3 Å². The van der Waals surface area contributed by atoms with E-state index in [4.69, 9.17) is 5.11 Å². The van der Waals surface area contributed by atoms with Crippen LogP contribution in [0.2, 0.25) is 0 Å². The van der Waals surface area contributed by atoms with Gasteiger partial charge < -0.3 is 10.4 Å². The number of anilines is 1. The third-order valence-corrected chi connectivity index (χ3v) is 2.27. The summed E-state index contributed by atoms with van der Waals surface area (Å²) in [6.45, 7) is 1.40. The van der Waals surface area contributed by atoms with E-state index in [-0.39, 0.29) is 12.3 Å². The maximum atomic E-state index is 13.2. The van der Waals surface area contributed by atoms with E-state index in [1.807, 2.05) is 0 Å². The highest BCUT2D eigenvalue weighted by Crippen LogP contribution is 2.16. The molecule has 88 valence electrons. The van der Waals surface area contributed by atoms with Gasteiger partial charge in [0.1, 0.15) is 11.6 Å². The van der Waals surface area contributed by atoms with Gasteiger partial charge in [-0.2, -0.15) is 0 Å². The van der Waals surface area contributed by atoms with Gasteiger partial charge in [0.05, 0.1) is 18.2 Å². The monoisotopic (exact) mass is 229 g/mol. The minimum atomic E-state index is -0.706. The molecular formula is C11H13F2NO2. The smallest absolute Gasteiger partial charge is 0.229 e. The Labute approximate surface area is 92.1 Å². The van der Waals surface area contributed by atoms with Gasteiger partial charge in [0.25, 0.3) is 0 Å². The SMILES string of the molecule is CCC(CO)C(=O)Nc1cc(F)ccc1F. The topological polar surface area (TPSA) is 49.3 Å². The molecule has 1 aromatic rings. The second-order valence-electron chi connectivity index (χ2n) is 3.40. The van der Waals surface area contributed by atoms with Crippen LogP contribution in [0.15, 0.2) is 18.2 Å². The Kier molecular flexibility index (Phi) is 4.37. The minimum absolute atomic E-state index is 0.211. The second-order valence-corrected chi connectivity index (χ2v) is 3.40. The zero-order valence-corrected chi connectivity index (χ0v) is 8.84. The average Bonchev–Trinajstić information content (AvgIpc) is 2.25. The fraction of sp³-hybridized carbons (Fsp3) is 0.364. The molecule has 3 nitrogen and oxygen atoms in total. The lowest BCUT2D eigenvalue weighted by Crippen LogP contribution is -2.25. The molecule has 0 heterocycles. The van der Waals surface area contributed by atoms with Crippen molar-refractivity contribution in [3.8, 4) is 0 Å². The third-order valence-electron chi connectivity index (χ3n) is 2.27. The number of halogens is 2. The predicted molar refractivity (Wildman–Crippen MR) is 55.9 cm³/mol. The molecule has 0 bridgehead atoms. The Morgan fingerprint density at radius 2 is 2.19 bits per heavy atom. The first-order chi connectivity index (χ1) is 7.58. The van der Waals surface area contributed by atoms with Gasteiger partial charge in [-0.3, -0.25) is 4.79 Å². The van der Waals surface area contributed by atoms with Gasteiger partial charge in [-0.05, 0) is 18.6 Å². The van der Waals surface area contributed by atoms with Crippen molar-refractivity contribution >= 4 is 11.6 Å². The van der Waals surface area contributed by atoms with Crippen molar-refractivity contribution < 1.29 is 18.7 Å². The molecule has 0 spiro atoms. The van der Waals surface area contributed by atoms with Crippen LogP contribution < -0.4 is 5.32 Å². The Bertz CT molecular complexity index is 378. The lowest BCUT2D eigenvalue weighted by atomic mass is 10.1. The molecule has 1 unspecified atom stereocenters. The van der Waals surface area contributed by atoms with E-state index in [1.54, 1.807) is 6.92 Å². The zero-order valence-electron chi connectivity index (χ0n) is 8.84. The maximum absolute atomic E-state index is 13.2. The highest BCUT2D eigenvalue weighted by atomic mass is 19.1. The van der Waals surface area contributed by atoms with E-state index >= 15 is 0 Å². The van der Waals surface area contributed by atoms with E-state index < -0.39 is 23.5 Å². The minimum Gasteiger partial charge on any atom is -0.396 e. The summed E-state index contributed by atoms with van der Waals surface area (Å²) in [7, 11) is 0. The maximum Gasteiger partial charge on any atom is 0.229 e. The van der Waals surface area contributed by atoms with Gasteiger partial charge in [0.2, 0.25) is 5.91 Å². The number of hydrogen-bond acceptors (Lipinski definition) is 2. The van der Waals surface area contributed by atoms with Crippen LogP contribution in [-0.4, -0.2) is 17.6 Å². The normalized spacial score (nSPS) is 12.2. The van der Waals surface area contributed by atoms with E-state index in [9.17, 15) is 13.6 Å². The van der Waals surface area contributed by atoms with Gasteiger partial charge in [0.15, 0.2) is 0 Å². The highest BCUT2D eigenvalue weighted by Gasteiger charge is 2.16. The first-order valence-electron chi connectivity index (χ1n) is 4.95. The summed E-state index contributed by atoms with van der Waals surface area (Å²) in [4.78, 5) is 11.5. The molecule has 0 radical (unpaired) electrons. The van der Waals surface area contributed by atoms with Gasteiger partial charge in [0, 0.05) is 6.07 Å². The molecule has 1 amide bonds. The van der Waals surface area contributed by atoms with E-state index in [2.05, 4.69) is 5.32 Å². The number of amides is 1. The summed E-state index contributed by atoms with van der Waals surface area (Å²) in [5.41, 5.74) is -0.211. The number of nitrogens with one attached hydrogen (secondary N) is 1. The molecule has 0 aliphatic heterocycles. The van der Waals surface area contributed by atoms with Crippen molar-refractivity contribution in [1.82, 2.24) is 0 Å². The van der Waals surface area contributed by atoms with Gasteiger partial charge in [-0.25, -0.2) is 8.78 Å². The van der Waals surface area contributed by atoms with Crippen LogP contribution in [0.5, 0.6) is 0 Å². The molecule has 0 saturated heterocycles. The summed E-state index contributed by atoms with van der Waals surface area (Å²) in [5, 5.41) is 11.1. The third kappa shape index (κ3) is 3.00. The summed E-state index contributed by atoms with van der Waals surface area (Å²) in [6, 6.07) is 2.80. The molecule has 1 aromatic carbocycles. The lowest BCUT2D eigenvalue weighted by molar-refractivity contribution is -0.121. The first kappa shape index (κ1) is 12.6. The van der Waals surface area contributed by atoms with Crippen LogP contribution in [0, 0.1) is 17.6 Å². The van der Waals surface area contributed by atoms with Gasteiger partial charge >= 0.3 is 0 Å². The number of hydrogen-bond donors (Lipinski definition) is 2. The van der Waals surface area contributed by atoms with Gasteiger partial charge in [-0.1, -0.05) is 6.92 Å². The highest BCUT2D eigenvalue weighted by molar-refractivity contribution is 5.92. The average molecular weight is 229 g/mol. The summed E-state index contributed by atoms with van der Waals surface area (Å²) < 4.78 is 26.0. The molecule has 1 rings (SSSR count). The number of aliphatic hydroxyl groups excluding tert-OH is 1. The second kappa shape index (κ2) is 5.55. The number of carbonyl (C=O) groups is 1. The number of benzene rings is 1. The molecule has 2 N–H and O–H groups in total. The van der Waals surface area contributed by atoms with Crippen molar-refractivity contribution in [2.75, 3.05) is 11.9 Å². The van der Waals surface area contributed by atoms with Crippen molar-refractivity contribution in [2.24, 2.45) is 5.92 Å². The van der Waals surface area contributed by atoms with Crippen molar-refractivity contribution in [1.29, 1.82) is 0 Å². The number of aliphatic hydroxyl groups is 1. The number of rotatable bonds is 4. The molecule has 0 fully saturated rings. The van der Waals surface area contributed by atoms with Crippen LogP contribution in [0.25, 0.3) is 0 Å². The van der Waals surface area contributed by atoms with Crippen molar-refractivity contribution in [3.05, 3.63) is 29.8 Å². The van der Waals surface area contributed by atoms with E-state index in [0.717, 1.165) is 18.2 Å². The fourth-order valence-corrected chi connectivity index (χ4v) is 1.23. The molecule has 0 aliphatic rings. The summed E-state index contributed by atoms with van der Waals surface area (Å²) >= 11 is 0.